The maximum Gasteiger partial charge on any atom is 0.437 e. The van der Waals surface area contributed by atoms with Crippen LogP contribution in [0.2, 0.25) is 0 Å². The smallest absolute Gasteiger partial charge is 0.363 e. The molecular formula is C18H14BrF3N2O2S. The molecule has 2 aromatic carbocycles. The lowest BCUT2D eigenvalue weighted by Gasteiger charge is -2.46. The molecule has 0 aromatic heterocycles. The highest BCUT2D eigenvalue weighted by Crippen LogP contribution is 2.44. The molecule has 4 nitrogen and oxygen atoms in total. The number of hydrogen-bond donors (Lipinski definition) is 3. The van der Waals surface area contributed by atoms with Crippen molar-refractivity contribution in [2.75, 3.05) is 0 Å². The molecule has 0 spiro atoms. The molecule has 2 aromatic rings. The largest absolute Gasteiger partial charge is 0.437 e. The number of benzene rings is 2. The molecule has 1 aliphatic heterocycles. The molecule has 0 radical (unpaired) electrons. The minimum absolute atomic E-state index is 0.0590. The molecule has 1 heterocycles. The molecule has 9 heteroatoms. The van der Waals surface area contributed by atoms with Gasteiger partial charge in [0.05, 0.1) is 6.04 Å². The third kappa shape index (κ3) is 3.71. The van der Waals surface area contributed by atoms with Gasteiger partial charge in [0.25, 0.3) is 0 Å². The van der Waals surface area contributed by atoms with Crippen LogP contribution in [0.15, 0.2) is 59.1 Å². The lowest BCUT2D eigenvalue weighted by Crippen LogP contribution is -2.72. The van der Waals surface area contributed by atoms with E-state index in [1.165, 1.54) is 12.1 Å². The van der Waals surface area contributed by atoms with E-state index in [1.807, 2.05) is 5.32 Å². The summed E-state index contributed by atoms with van der Waals surface area (Å²) in [6.45, 7) is 0. The summed E-state index contributed by atoms with van der Waals surface area (Å²) in [7, 11) is 0. The fraction of sp³-hybridized carbons (Fsp3) is 0.222. The maximum atomic E-state index is 13.8. The summed E-state index contributed by atoms with van der Waals surface area (Å²) < 4.78 is 42.2. The van der Waals surface area contributed by atoms with Gasteiger partial charge in [-0.05, 0) is 29.9 Å². The Morgan fingerprint density at radius 1 is 1.11 bits per heavy atom. The minimum atomic E-state index is -5.14. The molecular weight excluding hydrogens is 445 g/mol. The van der Waals surface area contributed by atoms with E-state index in [9.17, 15) is 23.1 Å². The molecule has 3 unspecified atom stereocenters. The SMILES string of the molecule is O=C(c1ccccc1)C1C(c2ccc(Br)cc2)NC(=S)NC1(O)C(F)(F)F. The summed E-state index contributed by atoms with van der Waals surface area (Å²) in [5, 5.41) is 14.7. The average molecular weight is 459 g/mol. The Kier molecular flexibility index (Phi) is 5.29. The van der Waals surface area contributed by atoms with Crippen LogP contribution < -0.4 is 10.6 Å². The minimum Gasteiger partial charge on any atom is -0.363 e. The molecule has 0 amide bonds. The van der Waals surface area contributed by atoms with Gasteiger partial charge in [0, 0.05) is 10.0 Å². The van der Waals surface area contributed by atoms with Gasteiger partial charge in [-0.15, -0.1) is 0 Å². The van der Waals surface area contributed by atoms with Crippen LogP contribution in [0, 0.1) is 5.92 Å². The van der Waals surface area contributed by atoms with E-state index >= 15 is 0 Å². The molecule has 1 aliphatic rings. The van der Waals surface area contributed by atoms with Crippen LogP contribution in [-0.4, -0.2) is 27.9 Å². The van der Waals surface area contributed by atoms with Crippen molar-refractivity contribution in [2.24, 2.45) is 5.92 Å². The maximum absolute atomic E-state index is 13.8. The van der Waals surface area contributed by atoms with Crippen molar-refractivity contribution in [3.63, 3.8) is 0 Å². The van der Waals surface area contributed by atoms with Gasteiger partial charge in [-0.1, -0.05) is 58.4 Å². The van der Waals surface area contributed by atoms with Gasteiger partial charge < -0.3 is 15.7 Å². The van der Waals surface area contributed by atoms with E-state index < -0.39 is 29.6 Å². The Morgan fingerprint density at radius 2 is 1.70 bits per heavy atom. The molecule has 27 heavy (non-hydrogen) atoms. The second-order valence-corrected chi connectivity index (χ2v) is 7.42. The standard InChI is InChI=1S/C18H14BrF3N2O2S/c19-12-8-6-10(7-9-12)14-13(15(25)11-4-2-1-3-5-11)17(26,18(20,21)22)24-16(27)23-14/h1-9,13-14,26H,(H2,23,24,27). The molecule has 1 saturated heterocycles. The van der Waals surface area contributed by atoms with Crippen LogP contribution in [0.5, 0.6) is 0 Å². The number of thiocarbonyl (C=S) groups is 1. The van der Waals surface area contributed by atoms with Crippen molar-refractivity contribution in [2.45, 2.75) is 17.9 Å². The normalized spacial score (nSPS) is 25.4. The van der Waals surface area contributed by atoms with Gasteiger partial charge in [-0.2, -0.15) is 13.2 Å². The van der Waals surface area contributed by atoms with E-state index in [2.05, 4.69) is 21.2 Å². The summed E-state index contributed by atoms with van der Waals surface area (Å²) in [6, 6.07) is 12.8. The van der Waals surface area contributed by atoms with E-state index in [4.69, 9.17) is 12.2 Å². The molecule has 142 valence electrons. The number of Topliss-reactive ketones (excluding diaryl/α,β-unsaturated/α-hetero) is 1. The molecule has 0 bridgehead atoms. The number of carbonyl (C=O) groups excluding carboxylic acids is 1. The highest BCUT2D eigenvalue weighted by molar-refractivity contribution is 9.10. The number of rotatable bonds is 3. The lowest BCUT2D eigenvalue weighted by atomic mass is 9.77. The van der Waals surface area contributed by atoms with Crippen LogP contribution >= 0.6 is 28.1 Å². The summed E-state index contributed by atoms with van der Waals surface area (Å²) in [5.74, 6) is -2.75. The van der Waals surface area contributed by atoms with E-state index in [1.54, 1.807) is 42.5 Å². The number of halogens is 4. The second kappa shape index (κ2) is 7.21. The van der Waals surface area contributed by atoms with Crippen molar-refractivity contribution >= 4 is 39.0 Å². The third-order valence-electron chi connectivity index (χ3n) is 4.38. The summed E-state index contributed by atoms with van der Waals surface area (Å²) in [5.41, 5.74) is -3.07. The van der Waals surface area contributed by atoms with Gasteiger partial charge in [0.1, 0.15) is 5.92 Å². The third-order valence-corrected chi connectivity index (χ3v) is 5.12. The van der Waals surface area contributed by atoms with Gasteiger partial charge in [-0.25, -0.2) is 0 Å². The van der Waals surface area contributed by atoms with Gasteiger partial charge >= 0.3 is 6.18 Å². The molecule has 3 N–H and O–H groups in total. The quantitative estimate of drug-likeness (QED) is 0.483. The average Bonchev–Trinajstić information content (AvgIpc) is 2.61. The monoisotopic (exact) mass is 458 g/mol. The van der Waals surface area contributed by atoms with E-state index in [-0.39, 0.29) is 10.7 Å². The summed E-state index contributed by atoms with van der Waals surface area (Å²) in [4.78, 5) is 13.0. The van der Waals surface area contributed by atoms with Gasteiger partial charge in [-0.3, -0.25) is 4.79 Å². The first-order chi connectivity index (χ1) is 12.6. The Morgan fingerprint density at radius 3 is 2.26 bits per heavy atom. The zero-order chi connectivity index (χ0) is 19.8. The Bertz CT molecular complexity index is 861. The van der Waals surface area contributed by atoms with Crippen LogP contribution in [-0.2, 0) is 0 Å². The fourth-order valence-electron chi connectivity index (χ4n) is 3.07. The van der Waals surface area contributed by atoms with Crippen LogP contribution in [0.1, 0.15) is 22.0 Å². The van der Waals surface area contributed by atoms with Crippen molar-refractivity contribution in [1.82, 2.24) is 10.6 Å². The van der Waals surface area contributed by atoms with Crippen LogP contribution in [0.4, 0.5) is 13.2 Å². The molecule has 0 aliphatic carbocycles. The first kappa shape index (κ1) is 19.8. The van der Waals surface area contributed by atoms with Crippen molar-refractivity contribution < 1.29 is 23.1 Å². The Hall–Kier alpha value is -1.97. The van der Waals surface area contributed by atoms with Crippen LogP contribution in [0.3, 0.4) is 0 Å². The molecule has 1 fully saturated rings. The number of alkyl halides is 3. The lowest BCUT2D eigenvalue weighted by molar-refractivity contribution is -0.285. The predicted molar refractivity (Wildman–Crippen MR) is 101 cm³/mol. The molecule has 3 rings (SSSR count). The highest BCUT2D eigenvalue weighted by atomic mass is 79.9. The van der Waals surface area contributed by atoms with Gasteiger partial charge in [0.2, 0.25) is 5.72 Å². The topological polar surface area (TPSA) is 61.4 Å². The Labute approximate surface area is 166 Å². The first-order valence-electron chi connectivity index (χ1n) is 7.86. The van der Waals surface area contributed by atoms with E-state index in [0.717, 1.165) is 4.47 Å². The van der Waals surface area contributed by atoms with Crippen LogP contribution in [0.25, 0.3) is 0 Å². The Balaban J connectivity index is 2.15. The second-order valence-electron chi connectivity index (χ2n) is 6.10. The summed E-state index contributed by atoms with van der Waals surface area (Å²) >= 11 is 8.14. The van der Waals surface area contributed by atoms with Crippen molar-refractivity contribution in [3.8, 4) is 0 Å². The molecule has 0 saturated carbocycles. The summed E-state index contributed by atoms with van der Waals surface area (Å²) in [6.07, 6.45) is -5.14. The number of nitrogens with one attached hydrogen (secondary N) is 2. The fourth-order valence-corrected chi connectivity index (χ4v) is 3.62. The number of carbonyl (C=O) groups is 1. The zero-order valence-electron chi connectivity index (χ0n) is 13.6. The highest BCUT2D eigenvalue weighted by Gasteiger charge is 2.65. The van der Waals surface area contributed by atoms with Gasteiger partial charge in [0.15, 0.2) is 10.9 Å². The predicted octanol–water partition coefficient (Wildman–Crippen LogP) is 3.72. The number of aliphatic hydroxyl groups is 1. The van der Waals surface area contributed by atoms with Crippen molar-refractivity contribution in [3.05, 3.63) is 70.2 Å². The zero-order valence-corrected chi connectivity index (χ0v) is 16.0. The number of hydrogen-bond acceptors (Lipinski definition) is 3. The van der Waals surface area contributed by atoms with Crippen molar-refractivity contribution in [1.29, 1.82) is 0 Å². The number of ketones is 1. The van der Waals surface area contributed by atoms with E-state index in [0.29, 0.717) is 5.56 Å². The molecule has 3 atom stereocenters. The first-order valence-corrected chi connectivity index (χ1v) is 9.06.